The highest BCUT2D eigenvalue weighted by molar-refractivity contribution is 6.30. The molecule has 0 unspecified atom stereocenters. The number of halogens is 1. The van der Waals surface area contributed by atoms with Crippen LogP contribution in [0.15, 0.2) is 39.9 Å². The van der Waals surface area contributed by atoms with E-state index in [9.17, 15) is 4.79 Å². The molecule has 0 aliphatic carbocycles. The van der Waals surface area contributed by atoms with Crippen LogP contribution in [-0.2, 0) is 0 Å². The summed E-state index contributed by atoms with van der Waals surface area (Å²) in [6.45, 7) is 0. The Morgan fingerprint density at radius 2 is 2.17 bits per heavy atom. The summed E-state index contributed by atoms with van der Waals surface area (Å²) >= 11 is 5.84. The largest absolute Gasteiger partial charge is 0.444 e. The van der Waals surface area contributed by atoms with Crippen molar-refractivity contribution in [3.05, 3.63) is 41.2 Å². The SMILES string of the molecule is NC(N)=NC(=O)c1coc(-c2cccc(Cl)c2)n1. The van der Waals surface area contributed by atoms with E-state index in [2.05, 4.69) is 9.98 Å². The molecule has 0 atom stereocenters. The molecule has 0 saturated carbocycles. The average Bonchev–Trinajstić information content (AvgIpc) is 2.77. The van der Waals surface area contributed by atoms with Crippen LogP contribution < -0.4 is 11.5 Å². The number of nitrogens with two attached hydrogens (primary N) is 2. The van der Waals surface area contributed by atoms with E-state index in [4.69, 9.17) is 27.5 Å². The third-order valence-corrected chi connectivity index (χ3v) is 2.26. The van der Waals surface area contributed by atoms with Crippen molar-refractivity contribution in [3.63, 3.8) is 0 Å². The Kier molecular flexibility index (Phi) is 3.29. The highest BCUT2D eigenvalue weighted by Crippen LogP contribution is 2.22. The number of aromatic nitrogens is 1. The van der Waals surface area contributed by atoms with Gasteiger partial charge in [0, 0.05) is 10.6 Å². The molecule has 0 fully saturated rings. The monoisotopic (exact) mass is 264 g/mol. The summed E-state index contributed by atoms with van der Waals surface area (Å²) in [7, 11) is 0. The molecule has 1 aromatic heterocycles. The van der Waals surface area contributed by atoms with Crippen molar-refractivity contribution < 1.29 is 9.21 Å². The third kappa shape index (κ3) is 2.67. The number of rotatable bonds is 2. The van der Waals surface area contributed by atoms with Crippen LogP contribution in [0.1, 0.15) is 10.5 Å². The topological polar surface area (TPSA) is 108 Å². The molecular formula is C11H9ClN4O2. The summed E-state index contributed by atoms with van der Waals surface area (Å²) in [5.41, 5.74) is 10.9. The van der Waals surface area contributed by atoms with Gasteiger partial charge in [-0.1, -0.05) is 17.7 Å². The lowest BCUT2D eigenvalue weighted by Gasteiger charge is -1.94. The first-order valence-corrected chi connectivity index (χ1v) is 5.29. The number of hydrogen-bond donors (Lipinski definition) is 2. The van der Waals surface area contributed by atoms with Crippen molar-refractivity contribution >= 4 is 23.5 Å². The zero-order valence-electron chi connectivity index (χ0n) is 9.13. The van der Waals surface area contributed by atoms with Crippen LogP contribution in [0.4, 0.5) is 0 Å². The number of nitrogens with zero attached hydrogens (tertiary/aromatic N) is 2. The van der Waals surface area contributed by atoms with Gasteiger partial charge in [0.05, 0.1) is 0 Å². The van der Waals surface area contributed by atoms with E-state index >= 15 is 0 Å². The van der Waals surface area contributed by atoms with Crippen LogP contribution >= 0.6 is 11.6 Å². The summed E-state index contributed by atoms with van der Waals surface area (Å²) in [5.74, 6) is -0.717. The first kappa shape index (κ1) is 12.1. The van der Waals surface area contributed by atoms with E-state index in [0.717, 1.165) is 0 Å². The molecular weight excluding hydrogens is 256 g/mol. The number of oxazole rings is 1. The van der Waals surface area contributed by atoms with Crippen molar-refractivity contribution in [1.82, 2.24) is 4.98 Å². The van der Waals surface area contributed by atoms with Gasteiger partial charge >= 0.3 is 5.91 Å². The normalized spacial score (nSPS) is 10.1. The maximum Gasteiger partial charge on any atom is 0.302 e. The highest BCUT2D eigenvalue weighted by Gasteiger charge is 2.13. The second-order valence-electron chi connectivity index (χ2n) is 3.39. The lowest BCUT2D eigenvalue weighted by Crippen LogP contribution is -2.24. The minimum Gasteiger partial charge on any atom is -0.444 e. The predicted molar refractivity (Wildman–Crippen MR) is 67.1 cm³/mol. The molecule has 0 aliphatic heterocycles. The van der Waals surface area contributed by atoms with Gasteiger partial charge in [0.2, 0.25) is 5.89 Å². The van der Waals surface area contributed by atoms with Crippen LogP contribution in [0.5, 0.6) is 0 Å². The molecule has 1 aromatic carbocycles. The van der Waals surface area contributed by atoms with E-state index in [1.54, 1.807) is 24.3 Å². The smallest absolute Gasteiger partial charge is 0.302 e. The molecule has 7 heteroatoms. The maximum atomic E-state index is 11.5. The minimum atomic E-state index is -0.660. The van der Waals surface area contributed by atoms with E-state index in [-0.39, 0.29) is 17.5 Å². The molecule has 4 N–H and O–H groups in total. The molecule has 2 rings (SSSR count). The molecule has 1 heterocycles. The van der Waals surface area contributed by atoms with E-state index in [0.29, 0.717) is 10.6 Å². The van der Waals surface area contributed by atoms with Gasteiger partial charge in [-0.15, -0.1) is 0 Å². The van der Waals surface area contributed by atoms with Gasteiger partial charge in [-0.2, -0.15) is 4.99 Å². The second kappa shape index (κ2) is 4.89. The fourth-order valence-electron chi connectivity index (χ4n) is 1.30. The maximum absolute atomic E-state index is 11.5. The standard InChI is InChI=1S/C11H9ClN4O2/c12-7-3-1-2-6(4-7)10-15-8(5-18-10)9(17)16-11(13)14/h1-5H,(H4,13,14,16,17). The predicted octanol–water partition coefficient (Wildman–Crippen LogP) is 1.41. The van der Waals surface area contributed by atoms with Gasteiger partial charge in [0.25, 0.3) is 0 Å². The third-order valence-electron chi connectivity index (χ3n) is 2.03. The fraction of sp³-hybridized carbons (Fsp3) is 0. The molecule has 6 nitrogen and oxygen atoms in total. The van der Waals surface area contributed by atoms with Gasteiger partial charge in [-0.05, 0) is 18.2 Å². The Labute approximate surface area is 107 Å². The lowest BCUT2D eigenvalue weighted by molar-refractivity contribution is 0.0998. The zero-order chi connectivity index (χ0) is 13.1. The van der Waals surface area contributed by atoms with E-state index < -0.39 is 5.91 Å². The highest BCUT2D eigenvalue weighted by atomic mass is 35.5. The van der Waals surface area contributed by atoms with Gasteiger partial charge in [0.1, 0.15) is 6.26 Å². The average molecular weight is 265 g/mol. The number of amides is 1. The van der Waals surface area contributed by atoms with Crippen LogP contribution in [0, 0.1) is 0 Å². The van der Waals surface area contributed by atoms with Gasteiger partial charge in [-0.25, -0.2) is 4.98 Å². The lowest BCUT2D eigenvalue weighted by atomic mass is 10.2. The molecule has 0 bridgehead atoms. The molecule has 2 aromatic rings. The molecule has 0 aliphatic rings. The molecule has 0 spiro atoms. The number of benzene rings is 1. The number of aliphatic imine (C=N–C) groups is 1. The number of carbonyl (C=O) groups excluding carboxylic acids is 1. The fourth-order valence-corrected chi connectivity index (χ4v) is 1.49. The van der Waals surface area contributed by atoms with Gasteiger partial charge < -0.3 is 15.9 Å². The van der Waals surface area contributed by atoms with E-state index in [1.165, 1.54) is 6.26 Å². The van der Waals surface area contributed by atoms with Crippen molar-refractivity contribution in [2.24, 2.45) is 16.5 Å². The van der Waals surface area contributed by atoms with Crippen molar-refractivity contribution in [1.29, 1.82) is 0 Å². The first-order chi connectivity index (χ1) is 8.56. The number of carbonyl (C=O) groups is 1. The molecule has 0 saturated heterocycles. The Morgan fingerprint density at radius 1 is 1.39 bits per heavy atom. The quantitative estimate of drug-likeness (QED) is 0.630. The zero-order valence-corrected chi connectivity index (χ0v) is 9.89. The minimum absolute atomic E-state index is 0.0263. The molecule has 18 heavy (non-hydrogen) atoms. The summed E-state index contributed by atoms with van der Waals surface area (Å²) in [6, 6.07) is 6.90. The summed E-state index contributed by atoms with van der Waals surface area (Å²) < 4.78 is 5.17. The molecule has 1 amide bonds. The number of guanidine groups is 1. The first-order valence-electron chi connectivity index (χ1n) is 4.91. The Hall–Kier alpha value is -2.34. The van der Waals surface area contributed by atoms with Crippen LogP contribution in [-0.4, -0.2) is 16.9 Å². The Morgan fingerprint density at radius 3 is 2.83 bits per heavy atom. The van der Waals surface area contributed by atoms with Gasteiger partial charge in [-0.3, -0.25) is 4.79 Å². The Bertz CT molecular complexity index is 617. The second-order valence-corrected chi connectivity index (χ2v) is 3.83. The van der Waals surface area contributed by atoms with Crippen LogP contribution in [0.3, 0.4) is 0 Å². The van der Waals surface area contributed by atoms with E-state index in [1.807, 2.05) is 0 Å². The summed E-state index contributed by atoms with van der Waals surface area (Å²) in [4.78, 5) is 18.8. The summed E-state index contributed by atoms with van der Waals surface area (Å²) in [5, 5.41) is 0.544. The molecule has 0 radical (unpaired) electrons. The van der Waals surface area contributed by atoms with Crippen LogP contribution in [0.25, 0.3) is 11.5 Å². The van der Waals surface area contributed by atoms with Gasteiger partial charge in [0.15, 0.2) is 11.7 Å². The van der Waals surface area contributed by atoms with Crippen molar-refractivity contribution in [2.75, 3.05) is 0 Å². The van der Waals surface area contributed by atoms with Crippen molar-refractivity contribution in [3.8, 4) is 11.5 Å². The summed E-state index contributed by atoms with van der Waals surface area (Å²) in [6.07, 6.45) is 1.19. The van der Waals surface area contributed by atoms with Crippen LogP contribution in [0.2, 0.25) is 5.02 Å². The van der Waals surface area contributed by atoms with Crippen molar-refractivity contribution in [2.45, 2.75) is 0 Å². The Balaban J connectivity index is 2.31. The molecule has 92 valence electrons. The number of hydrogen-bond acceptors (Lipinski definition) is 3.